The number of nitrogens with one attached hydrogen (secondary N) is 1. The lowest BCUT2D eigenvalue weighted by Gasteiger charge is -2.08. The number of carbonyl (C=O) groups is 1. The lowest BCUT2D eigenvalue weighted by molar-refractivity contribution is 0.0944. The van der Waals surface area contributed by atoms with Crippen molar-refractivity contribution in [1.29, 1.82) is 0 Å². The molecular formula is C20H18BrN3OS. The Hall–Kier alpha value is -2.18. The van der Waals surface area contributed by atoms with Gasteiger partial charge >= 0.3 is 0 Å². The Bertz CT molecular complexity index is 903. The fourth-order valence-electron chi connectivity index (χ4n) is 2.39. The van der Waals surface area contributed by atoms with E-state index in [2.05, 4.69) is 56.3 Å². The van der Waals surface area contributed by atoms with E-state index in [1.54, 1.807) is 6.20 Å². The summed E-state index contributed by atoms with van der Waals surface area (Å²) in [6, 6.07) is 18.1. The zero-order valence-electron chi connectivity index (χ0n) is 14.3. The summed E-state index contributed by atoms with van der Waals surface area (Å²) in [4.78, 5) is 21.2. The van der Waals surface area contributed by atoms with Gasteiger partial charge in [-0.2, -0.15) is 0 Å². The Kier molecular flexibility index (Phi) is 6.41. The molecule has 1 aromatic heterocycles. The third kappa shape index (κ3) is 5.16. The highest BCUT2D eigenvalue weighted by Crippen LogP contribution is 2.22. The molecule has 0 atom stereocenters. The highest BCUT2D eigenvalue weighted by atomic mass is 79.9. The van der Waals surface area contributed by atoms with Gasteiger partial charge in [-0.3, -0.25) is 4.79 Å². The molecule has 3 aromatic rings. The molecule has 4 nitrogen and oxygen atoms in total. The van der Waals surface area contributed by atoms with Gasteiger partial charge in [-0.05, 0) is 34.0 Å². The van der Waals surface area contributed by atoms with E-state index >= 15 is 0 Å². The molecule has 0 spiro atoms. The van der Waals surface area contributed by atoms with Crippen molar-refractivity contribution in [1.82, 2.24) is 15.3 Å². The van der Waals surface area contributed by atoms with E-state index < -0.39 is 0 Å². The molecule has 0 radical (unpaired) electrons. The van der Waals surface area contributed by atoms with Crippen LogP contribution in [0.1, 0.15) is 27.2 Å². The first-order valence-corrected chi connectivity index (χ1v) is 9.92. The van der Waals surface area contributed by atoms with E-state index in [4.69, 9.17) is 0 Å². The summed E-state index contributed by atoms with van der Waals surface area (Å²) in [5.74, 6) is 0.537. The van der Waals surface area contributed by atoms with Crippen molar-refractivity contribution in [3.63, 3.8) is 0 Å². The van der Waals surface area contributed by atoms with Crippen LogP contribution in [0.25, 0.3) is 0 Å². The molecule has 0 saturated heterocycles. The summed E-state index contributed by atoms with van der Waals surface area (Å²) in [5, 5.41) is 3.48. The first kappa shape index (κ1) is 18.6. The summed E-state index contributed by atoms with van der Waals surface area (Å²) in [5.41, 5.74) is 3.82. The Morgan fingerprint density at radius 1 is 1.12 bits per heavy atom. The Balaban J connectivity index is 1.65. The second-order valence-electron chi connectivity index (χ2n) is 5.80. The summed E-state index contributed by atoms with van der Waals surface area (Å²) in [6.07, 6.45) is 1.63. The number of aromatic nitrogens is 2. The monoisotopic (exact) mass is 427 g/mol. The molecule has 1 heterocycles. The maximum absolute atomic E-state index is 12.5. The van der Waals surface area contributed by atoms with Crippen LogP contribution >= 0.6 is 27.7 Å². The Morgan fingerprint density at radius 2 is 1.88 bits per heavy atom. The lowest BCUT2D eigenvalue weighted by atomic mass is 10.2. The number of hydrogen-bond acceptors (Lipinski definition) is 4. The van der Waals surface area contributed by atoms with Gasteiger partial charge in [0.1, 0.15) is 5.69 Å². The van der Waals surface area contributed by atoms with Gasteiger partial charge in [0.15, 0.2) is 5.16 Å². The second kappa shape index (κ2) is 8.96. The molecule has 0 unspecified atom stereocenters. The number of nitrogens with zero attached hydrogens (tertiary/aromatic N) is 2. The van der Waals surface area contributed by atoms with Gasteiger partial charge in [0.25, 0.3) is 5.91 Å². The van der Waals surface area contributed by atoms with Crippen molar-refractivity contribution < 1.29 is 4.79 Å². The molecule has 0 fully saturated rings. The van der Waals surface area contributed by atoms with E-state index in [1.165, 1.54) is 22.9 Å². The van der Waals surface area contributed by atoms with Crippen LogP contribution in [0, 0.1) is 6.92 Å². The Labute approximate surface area is 165 Å². The first-order chi connectivity index (χ1) is 12.6. The van der Waals surface area contributed by atoms with Crippen LogP contribution in [-0.4, -0.2) is 15.9 Å². The van der Waals surface area contributed by atoms with Crippen molar-refractivity contribution >= 4 is 33.6 Å². The highest BCUT2D eigenvalue weighted by Gasteiger charge is 2.14. The number of carbonyl (C=O) groups excluding carboxylic acids is 1. The van der Waals surface area contributed by atoms with Crippen molar-refractivity contribution in [2.45, 2.75) is 24.4 Å². The minimum Gasteiger partial charge on any atom is -0.347 e. The van der Waals surface area contributed by atoms with Crippen molar-refractivity contribution in [2.75, 3.05) is 0 Å². The standard InChI is InChI=1S/C20H18BrN3OS/c1-14-6-5-9-16(10-14)13-26-20-23-12-17(21)18(24-20)19(25)22-11-15-7-3-2-4-8-15/h2-10,12H,11,13H2,1H3,(H,22,25). The molecule has 2 aromatic carbocycles. The van der Waals surface area contributed by atoms with Crippen LogP contribution in [0.3, 0.4) is 0 Å². The van der Waals surface area contributed by atoms with Crippen molar-refractivity contribution in [3.8, 4) is 0 Å². The van der Waals surface area contributed by atoms with Gasteiger partial charge in [-0.15, -0.1) is 0 Å². The Morgan fingerprint density at radius 3 is 2.65 bits per heavy atom. The topological polar surface area (TPSA) is 54.9 Å². The molecule has 0 aliphatic carbocycles. The number of halogens is 1. The number of thioether (sulfide) groups is 1. The fourth-order valence-corrected chi connectivity index (χ4v) is 3.52. The molecule has 1 N–H and O–H groups in total. The lowest BCUT2D eigenvalue weighted by Crippen LogP contribution is -2.24. The molecular weight excluding hydrogens is 410 g/mol. The molecule has 6 heteroatoms. The van der Waals surface area contributed by atoms with Crippen LogP contribution in [-0.2, 0) is 12.3 Å². The highest BCUT2D eigenvalue weighted by molar-refractivity contribution is 9.10. The summed E-state index contributed by atoms with van der Waals surface area (Å²) >= 11 is 4.88. The molecule has 0 saturated carbocycles. The minimum absolute atomic E-state index is 0.222. The van der Waals surface area contributed by atoms with E-state index in [-0.39, 0.29) is 5.91 Å². The molecule has 0 bridgehead atoms. The van der Waals surface area contributed by atoms with Gasteiger partial charge in [0.05, 0.1) is 4.47 Å². The van der Waals surface area contributed by atoms with Crippen LogP contribution < -0.4 is 5.32 Å². The molecule has 132 valence electrons. The van der Waals surface area contributed by atoms with Crippen LogP contribution in [0.4, 0.5) is 0 Å². The third-order valence-corrected chi connectivity index (χ3v) is 5.20. The predicted octanol–water partition coefficient (Wildman–Crippen LogP) is 4.77. The van der Waals surface area contributed by atoms with Gasteiger partial charge in [0, 0.05) is 18.5 Å². The fraction of sp³-hybridized carbons (Fsp3) is 0.150. The maximum atomic E-state index is 12.5. The molecule has 0 aliphatic rings. The van der Waals surface area contributed by atoms with E-state index in [1.807, 2.05) is 36.4 Å². The van der Waals surface area contributed by atoms with E-state index in [0.717, 1.165) is 11.3 Å². The smallest absolute Gasteiger partial charge is 0.271 e. The molecule has 3 rings (SSSR count). The van der Waals surface area contributed by atoms with E-state index in [9.17, 15) is 4.79 Å². The van der Waals surface area contributed by atoms with E-state index in [0.29, 0.717) is 21.9 Å². The van der Waals surface area contributed by atoms with Crippen molar-refractivity contribution in [2.24, 2.45) is 0 Å². The first-order valence-electron chi connectivity index (χ1n) is 8.15. The largest absolute Gasteiger partial charge is 0.347 e. The SMILES string of the molecule is Cc1cccc(CSc2ncc(Br)c(C(=O)NCc3ccccc3)n2)c1. The average molecular weight is 428 g/mol. The molecule has 26 heavy (non-hydrogen) atoms. The number of rotatable bonds is 6. The van der Waals surface area contributed by atoms with Crippen LogP contribution in [0.15, 0.2) is 70.4 Å². The predicted molar refractivity (Wildman–Crippen MR) is 108 cm³/mol. The number of benzene rings is 2. The zero-order chi connectivity index (χ0) is 18.4. The summed E-state index contributed by atoms with van der Waals surface area (Å²) < 4.78 is 0.586. The average Bonchev–Trinajstić information content (AvgIpc) is 2.66. The van der Waals surface area contributed by atoms with Crippen LogP contribution in [0.2, 0.25) is 0 Å². The summed E-state index contributed by atoms with van der Waals surface area (Å²) in [7, 11) is 0. The number of amides is 1. The molecule has 0 aliphatic heterocycles. The number of hydrogen-bond donors (Lipinski definition) is 1. The van der Waals surface area contributed by atoms with Gasteiger partial charge in [-0.1, -0.05) is 71.9 Å². The van der Waals surface area contributed by atoms with Gasteiger partial charge in [-0.25, -0.2) is 9.97 Å². The zero-order valence-corrected chi connectivity index (χ0v) is 16.7. The second-order valence-corrected chi connectivity index (χ2v) is 7.59. The normalized spacial score (nSPS) is 10.5. The summed E-state index contributed by atoms with van der Waals surface area (Å²) in [6.45, 7) is 2.53. The van der Waals surface area contributed by atoms with Crippen molar-refractivity contribution in [3.05, 3.63) is 87.7 Å². The third-order valence-electron chi connectivity index (χ3n) is 3.68. The molecule has 1 amide bonds. The number of aryl methyl sites for hydroxylation is 1. The minimum atomic E-state index is -0.222. The van der Waals surface area contributed by atoms with Gasteiger partial charge < -0.3 is 5.32 Å². The quantitative estimate of drug-likeness (QED) is 0.454. The maximum Gasteiger partial charge on any atom is 0.271 e. The van der Waals surface area contributed by atoms with Gasteiger partial charge in [0.2, 0.25) is 0 Å². The van der Waals surface area contributed by atoms with Crippen LogP contribution in [0.5, 0.6) is 0 Å².